The van der Waals surface area contributed by atoms with Crippen LogP contribution in [0, 0.1) is 0 Å². The van der Waals surface area contributed by atoms with Gasteiger partial charge >= 0.3 is 12.1 Å². The van der Waals surface area contributed by atoms with E-state index in [9.17, 15) is 9.59 Å². The summed E-state index contributed by atoms with van der Waals surface area (Å²) in [6.45, 7) is 8.27. The van der Waals surface area contributed by atoms with Crippen LogP contribution >= 0.6 is 11.3 Å². The van der Waals surface area contributed by atoms with Gasteiger partial charge in [0, 0.05) is 20.1 Å². The van der Waals surface area contributed by atoms with Gasteiger partial charge in [0.1, 0.15) is 10.6 Å². The normalized spacial score (nSPS) is 10.8. The molecule has 1 aromatic heterocycles. The second-order valence-corrected chi connectivity index (χ2v) is 6.52. The van der Waals surface area contributed by atoms with Crippen LogP contribution in [-0.4, -0.2) is 49.4 Å². The predicted molar refractivity (Wildman–Crippen MR) is 90.3 cm³/mol. The highest BCUT2D eigenvalue weighted by molar-refractivity contribution is 7.19. The van der Waals surface area contributed by atoms with E-state index in [0.29, 0.717) is 29.8 Å². The van der Waals surface area contributed by atoms with E-state index in [0.717, 1.165) is 0 Å². The molecule has 9 heteroatoms. The molecule has 3 N–H and O–H groups in total. The van der Waals surface area contributed by atoms with Crippen LogP contribution in [0.5, 0.6) is 0 Å². The summed E-state index contributed by atoms with van der Waals surface area (Å²) in [5.74, 6) is -0.465. The Morgan fingerprint density at radius 2 is 1.96 bits per heavy atom. The monoisotopic (exact) mass is 344 g/mol. The van der Waals surface area contributed by atoms with E-state index in [4.69, 9.17) is 9.47 Å². The van der Waals surface area contributed by atoms with Gasteiger partial charge in [-0.05, 0) is 27.7 Å². The zero-order chi connectivity index (χ0) is 17.5. The fourth-order valence-electron chi connectivity index (χ4n) is 1.55. The van der Waals surface area contributed by atoms with Crippen molar-refractivity contribution in [3.63, 3.8) is 0 Å². The fraction of sp³-hybridized carbons (Fsp3) is 0.643. The molecule has 0 aliphatic rings. The maximum atomic E-state index is 11.8. The Kier molecular flexibility index (Phi) is 7.08. The molecule has 0 aliphatic carbocycles. The zero-order valence-electron chi connectivity index (χ0n) is 14.1. The number of aromatic nitrogens is 1. The van der Waals surface area contributed by atoms with Crippen molar-refractivity contribution >= 4 is 33.5 Å². The Hall–Kier alpha value is -2.03. The number of carbonyl (C=O) groups excluding carboxylic acids is 2. The maximum Gasteiger partial charge on any atom is 0.407 e. The predicted octanol–water partition coefficient (Wildman–Crippen LogP) is 2.30. The molecule has 0 aliphatic heterocycles. The van der Waals surface area contributed by atoms with Crippen LogP contribution in [0.4, 0.5) is 14.9 Å². The molecule has 8 nitrogen and oxygen atoms in total. The van der Waals surface area contributed by atoms with Crippen LogP contribution in [0.15, 0.2) is 0 Å². The topological polar surface area (TPSA) is 102 Å². The number of ether oxygens (including phenoxy) is 2. The highest BCUT2D eigenvalue weighted by atomic mass is 32.1. The highest BCUT2D eigenvalue weighted by Gasteiger charge is 2.19. The molecule has 1 heterocycles. The van der Waals surface area contributed by atoms with E-state index < -0.39 is 17.7 Å². The minimum atomic E-state index is -0.525. The maximum absolute atomic E-state index is 11.8. The second-order valence-electron chi connectivity index (χ2n) is 5.52. The molecular weight excluding hydrogens is 320 g/mol. The number of hydrogen-bond acceptors (Lipinski definition) is 8. The Labute approximate surface area is 140 Å². The number of amides is 1. The van der Waals surface area contributed by atoms with E-state index >= 15 is 0 Å². The molecule has 1 aromatic rings. The van der Waals surface area contributed by atoms with Gasteiger partial charge in [0.2, 0.25) is 0 Å². The molecule has 0 bridgehead atoms. The van der Waals surface area contributed by atoms with E-state index in [-0.39, 0.29) is 5.69 Å². The molecule has 1 amide bonds. The third-order valence-electron chi connectivity index (χ3n) is 2.39. The number of anilines is 2. The van der Waals surface area contributed by atoms with E-state index in [1.165, 1.54) is 11.3 Å². The van der Waals surface area contributed by atoms with E-state index in [2.05, 4.69) is 20.9 Å². The largest absolute Gasteiger partial charge is 0.461 e. The molecule has 0 radical (unpaired) electrons. The van der Waals surface area contributed by atoms with E-state index in [1.54, 1.807) is 34.7 Å². The molecule has 0 aromatic carbocycles. The lowest BCUT2D eigenvalue weighted by Crippen LogP contribution is -2.34. The minimum absolute atomic E-state index is 0.252. The van der Waals surface area contributed by atoms with Crippen LogP contribution in [0.1, 0.15) is 38.2 Å². The molecule has 0 spiro atoms. The summed E-state index contributed by atoms with van der Waals surface area (Å²) < 4.78 is 10.1. The number of nitrogens with zero attached hydrogens (tertiary/aromatic N) is 1. The van der Waals surface area contributed by atoms with Crippen LogP contribution in [0.2, 0.25) is 0 Å². The van der Waals surface area contributed by atoms with Crippen molar-refractivity contribution in [2.75, 3.05) is 37.4 Å². The van der Waals surface area contributed by atoms with Gasteiger partial charge in [-0.15, -0.1) is 0 Å². The number of esters is 1. The van der Waals surface area contributed by atoms with Gasteiger partial charge < -0.3 is 25.4 Å². The van der Waals surface area contributed by atoms with Crippen LogP contribution in [0.3, 0.4) is 0 Å². The molecule has 0 fully saturated rings. The van der Waals surface area contributed by atoms with Crippen molar-refractivity contribution in [1.29, 1.82) is 0 Å². The van der Waals surface area contributed by atoms with Crippen LogP contribution in [0.25, 0.3) is 0 Å². The number of alkyl carbamates (subject to hydrolysis) is 1. The van der Waals surface area contributed by atoms with Crippen molar-refractivity contribution in [2.45, 2.75) is 33.3 Å². The molecule has 0 saturated heterocycles. The molecular formula is C14H24N4O4S. The summed E-state index contributed by atoms with van der Waals surface area (Å²) in [5.41, 5.74) is -0.273. The van der Waals surface area contributed by atoms with Gasteiger partial charge in [0.05, 0.1) is 6.61 Å². The Morgan fingerprint density at radius 3 is 2.52 bits per heavy atom. The fourth-order valence-corrected chi connectivity index (χ4v) is 2.38. The van der Waals surface area contributed by atoms with Crippen LogP contribution < -0.4 is 16.0 Å². The molecule has 0 saturated carbocycles. The minimum Gasteiger partial charge on any atom is -0.461 e. The van der Waals surface area contributed by atoms with Gasteiger partial charge in [-0.1, -0.05) is 11.3 Å². The summed E-state index contributed by atoms with van der Waals surface area (Å²) in [6.07, 6.45) is -0.471. The van der Waals surface area contributed by atoms with Crippen molar-refractivity contribution in [1.82, 2.24) is 10.3 Å². The Balaban J connectivity index is 2.46. The SMILES string of the molecule is CCOC(=O)c1nc(NCCNC(=O)OC(C)(C)C)sc1NC. The van der Waals surface area contributed by atoms with Gasteiger partial charge in [-0.2, -0.15) is 0 Å². The first kappa shape index (κ1) is 19.0. The second kappa shape index (κ2) is 8.56. The average molecular weight is 344 g/mol. The lowest BCUT2D eigenvalue weighted by Gasteiger charge is -2.19. The number of carbonyl (C=O) groups is 2. The molecule has 1 rings (SSSR count). The standard InChI is InChI=1S/C14H24N4O4S/c1-6-21-11(19)9-10(15-5)23-12(18-9)16-7-8-17-13(20)22-14(2,3)4/h15H,6-8H2,1-5H3,(H,16,18)(H,17,20). The van der Waals surface area contributed by atoms with Crippen molar-refractivity contribution in [3.8, 4) is 0 Å². The molecule has 23 heavy (non-hydrogen) atoms. The third-order valence-corrected chi connectivity index (χ3v) is 3.42. The van der Waals surface area contributed by atoms with E-state index in [1.807, 2.05) is 0 Å². The molecule has 0 atom stereocenters. The first-order valence-electron chi connectivity index (χ1n) is 7.33. The highest BCUT2D eigenvalue weighted by Crippen LogP contribution is 2.28. The zero-order valence-corrected chi connectivity index (χ0v) is 14.9. The third kappa shape index (κ3) is 6.72. The first-order chi connectivity index (χ1) is 10.8. The number of rotatable bonds is 7. The number of nitrogens with one attached hydrogen (secondary N) is 3. The summed E-state index contributed by atoms with van der Waals surface area (Å²) in [5, 5.41) is 9.80. The summed E-state index contributed by atoms with van der Waals surface area (Å²) in [6, 6.07) is 0. The lowest BCUT2D eigenvalue weighted by atomic mass is 10.2. The summed E-state index contributed by atoms with van der Waals surface area (Å²) in [4.78, 5) is 27.5. The van der Waals surface area contributed by atoms with Crippen molar-refractivity contribution < 1.29 is 19.1 Å². The van der Waals surface area contributed by atoms with Gasteiger partial charge in [-0.3, -0.25) is 0 Å². The van der Waals surface area contributed by atoms with Gasteiger partial charge in [0.25, 0.3) is 0 Å². The summed E-state index contributed by atoms with van der Waals surface area (Å²) in [7, 11) is 1.71. The van der Waals surface area contributed by atoms with Crippen molar-refractivity contribution in [3.05, 3.63) is 5.69 Å². The van der Waals surface area contributed by atoms with Crippen LogP contribution in [-0.2, 0) is 9.47 Å². The van der Waals surface area contributed by atoms with Gasteiger partial charge in [0.15, 0.2) is 10.8 Å². The molecule has 0 unspecified atom stereocenters. The smallest absolute Gasteiger partial charge is 0.407 e. The Bertz CT molecular complexity index is 539. The van der Waals surface area contributed by atoms with Crippen molar-refractivity contribution in [2.24, 2.45) is 0 Å². The number of thiazole rings is 1. The Morgan fingerprint density at radius 1 is 1.26 bits per heavy atom. The number of hydrogen-bond donors (Lipinski definition) is 3. The average Bonchev–Trinajstić information content (AvgIpc) is 2.85. The van der Waals surface area contributed by atoms with Gasteiger partial charge in [-0.25, -0.2) is 14.6 Å². The summed E-state index contributed by atoms with van der Waals surface area (Å²) >= 11 is 1.30. The lowest BCUT2D eigenvalue weighted by molar-refractivity contribution is 0.0515. The first-order valence-corrected chi connectivity index (χ1v) is 8.15. The molecule has 130 valence electrons. The quantitative estimate of drug-likeness (QED) is 0.515.